The normalized spacial score (nSPS) is 25.4. The van der Waals surface area contributed by atoms with Gasteiger partial charge in [-0.3, -0.25) is 10.1 Å². The molecule has 1 spiro atoms. The maximum Gasteiger partial charge on any atom is 0.246 e. The lowest BCUT2D eigenvalue weighted by Gasteiger charge is -2.43. The lowest BCUT2D eigenvalue weighted by atomic mass is 9.72. The number of aromatic nitrogens is 1. The molecule has 2 fully saturated rings. The van der Waals surface area contributed by atoms with E-state index < -0.39 is 11.5 Å². The third kappa shape index (κ3) is 3.00. The molecule has 26 heavy (non-hydrogen) atoms. The summed E-state index contributed by atoms with van der Waals surface area (Å²) in [7, 11) is 0. The van der Waals surface area contributed by atoms with Crippen molar-refractivity contribution in [2.45, 2.75) is 37.6 Å². The third-order valence-electron chi connectivity index (χ3n) is 5.76. The van der Waals surface area contributed by atoms with Gasteiger partial charge in [-0.15, -0.1) is 0 Å². The van der Waals surface area contributed by atoms with Gasteiger partial charge in [0.1, 0.15) is 5.82 Å². The number of rotatable bonds is 1. The molecule has 1 aliphatic carbocycles. The van der Waals surface area contributed by atoms with E-state index in [9.17, 15) is 10.1 Å². The fourth-order valence-corrected chi connectivity index (χ4v) is 4.31. The second-order valence-corrected chi connectivity index (χ2v) is 7.31. The van der Waals surface area contributed by atoms with E-state index in [1.807, 2.05) is 24.4 Å². The highest BCUT2D eigenvalue weighted by Gasteiger charge is 2.48. The number of carbonyl (C=O) groups excluding carboxylic acids is 1. The van der Waals surface area contributed by atoms with Crippen LogP contribution in [0, 0.1) is 17.2 Å². The number of hydrogen-bond donors (Lipinski definition) is 1. The SMILES string of the molecule is N#C[C@H]1C(=O)NC(N2CCN(c3ccccn3)CC2)=NC12CCCCC2. The lowest BCUT2D eigenvalue weighted by molar-refractivity contribution is -0.125. The van der Waals surface area contributed by atoms with Gasteiger partial charge in [0.05, 0.1) is 11.6 Å². The predicted octanol–water partition coefficient (Wildman–Crippen LogP) is 1.53. The van der Waals surface area contributed by atoms with E-state index in [-0.39, 0.29) is 5.91 Å². The van der Waals surface area contributed by atoms with Crippen LogP contribution in [0.25, 0.3) is 0 Å². The molecule has 1 saturated heterocycles. The van der Waals surface area contributed by atoms with E-state index in [0.717, 1.165) is 64.1 Å². The zero-order valence-electron chi connectivity index (χ0n) is 14.9. The van der Waals surface area contributed by atoms with Crippen molar-refractivity contribution in [2.75, 3.05) is 31.1 Å². The fraction of sp³-hybridized carbons (Fsp3) is 0.579. The van der Waals surface area contributed by atoms with Crippen LogP contribution in [-0.2, 0) is 4.79 Å². The third-order valence-corrected chi connectivity index (χ3v) is 5.76. The number of pyridine rings is 1. The number of nitrogens with zero attached hydrogens (tertiary/aromatic N) is 5. The van der Waals surface area contributed by atoms with Gasteiger partial charge in [-0.2, -0.15) is 5.26 Å². The van der Waals surface area contributed by atoms with Crippen molar-refractivity contribution in [3.05, 3.63) is 24.4 Å². The Kier molecular flexibility index (Phi) is 4.49. The summed E-state index contributed by atoms with van der Waals surface area (Å²) >= 11 is 0. The Bertz CT molecular complexity index is 726. The molecule has 1 atom stereocenters. The zero-order valence-corrected chi connectivity index (χ0v) is 14.9. The molecule has 0 bridgehead atoms. The summed E-state index contributed by atoms with van der Waals surface area (Å²) in [6.07, 6.45) is 6.70. The van der Waals surface area contributed by atoms with Gasteiger partial charge >= 0.3 is 0 Å². The Morgan fingerprint density at radius 2 is 1.85 bits per heavy atom. The van der Waals surface area contributed by atoms with Crippen LogP contribution in [-0.4, -0.2) is 53.5 Å². The van der Waals surface area contributed by atoms with E-state index in [4.69, 9.17) is 4.99 Å². The first-order valence-corrected chi connectivity index (χ1v) is 9.43. The van der Waals surface area contributed by atoms with Crippen LogP contribution in [0.3, 0.4) is 0 Å². The van der Waals surface area contributed by atoms with Crippen molar-refractivity contribution < 1.29 is 4.79 Å². The number of nitriles is 1. The number of carbonyl (C=O) groups is 1. The molecule has 1 aromatic rings. The number of nitrogens with one attached hydrogen (secondary N) is 1. The molecular weight excluding hydrogens is 328 g/mol. The van der Waals surface area contributed by atoms with Crippen LogP contribution in [0.1, 0.15) is 32.1 Å². The Hall–Kier alpha value is -2.62. The minimum atomic E-state index is -0.665. The molecule has 1 saturated carbocycles. The summed E-state index contributed by atoms with van der Waals surface area (Å²) in [6.45, 7) is 3.23. The minimum Gasteiger partial charge on any atom is -0.353 e. The van der Waals surface area contributed by atoms with E-state index in [0.29, 0.717) is 5.96 Å². The van der Waals surface area contributed by atoms with Crippen molar-refractivity contribution in [1.29, 1.82) is 5.26 Å². The first kappa shape index (κ1) is 16.8. The maximum atomic E-state index is 12.6. The van der Waals surface area contributed by atoms with Gasteiger partial charge in [0.2, 0.25) is 11.9 Å². The molecule has 2 aliphatic heterocycles. The Balaban J connectivity index is 1.51. The van der Waals surface area contributed by atoms with Crippen LogP contribution in [0.15, 0.2) is 29.4 Å². The monoisotopic (exact) mass is 352 g/mol. The van der Waals surface area contributed by atoms with Crippen LogP contribution in [0.2, 0.25) is 0 Å². The van der Waals surface area contributed by atoms with E-state index >= 15 is 0 Å². The number of anilines is 1. The van der Waals surface area contributed by atoms with E-state index in [1.165, 1.54) is 0 Å². The van der Waals surface area contributed by atoms with Crippen LogP contribution < -0.4 is 10.2 Å². The maximum absolute atomic E-state index is 12.6. The standard InChI is InChI=1S/C19H24N6O/c20-14-15-17(26)22-18(23-19(15)7-3-1-4-8-19)25-12-10-24(11-13-25)16-6-2-5-9-21-16/h2,5-6,9,15H,1,3-4,7-8,10-13H2,(H,22,23,26)/t15-/m0/s1. The first-order chi connectivity index (χ1) is 12.7. The second kappa shape index (κ2) is 6.94. The highest BCUT2D eigenvalue weighted by molar-refractivity contribution is 6.02. The van der Waals surface area contributed by atoms with Gasteiger partial charge in [0, 0.05) is 32.4 Å². The molecule has 0 radical (unpaired) electrons. The smallest absolute Gasteiger partial charge is 0.246 e. The zero-order chi connectivity index (χ0) is 18.0. The Labute approximate surface area is 153 Å². The van der Waals surface area contributed by atoms with Crippen molar-refractivity contribution in [2.24, 2.45) is 10.9 Å². The largest absolute Gasteiger partial charge is 0.353 e. The molecule has 3 aliphatic rings. The summed E-state index contributed by atoms with van der Waals surface area (Å²) in [4.78, 5) is 26.3. The Morgan fingerprint density at radius 1 is 1.12 bits per heavy atom. The molecule has 0 unspecified atom stereocenters. The fourth-order valence-electron chi connectivity index (χ4n) is 4.31. The van der Waals surface area contributed by atoms with Gasteiger partial charge in [-0.25, -0.2) is 9.98 Å². The predicted molar refractivity (Wildman–Crippen MR) is 98.5 cm³/mol. The Morgan fingerprint density at radius 3 is 2.50 bits per heavy atom. The number of hydrogen-bond acceptors (Lipinski definition) is 6. The number of aliphatic imine (C=N–C) groups is 1. The summed E-state index contributed by atoms with van der Waals surface area (Å²) in [5, 5.41) is 12.4. The molecule has 0 aromatic carbocycles. The average Bonchev–Trinajstić information content (AvgIpc) is 2.69. The van der Waals surface area contributed by atoms with Crippen LogP contribution in [0.4, 0.5) is 5.82 Å². The summed E-state index contributed by atoms with van der Waals surface area (Å²) in [5.41, 5.74) is -0.525. The molecule has 4 rings (SSSR count). The molecule has 1 amide bonds. The molecule has 7 heteroatoms. The summed E-state index contributed by atoms with van der Waals surface area (Å²) < 4.78 is 0. The quantitative estimate of drug-likeness (QED) is 0.829. The number of piperazine rings is 1. The minimum absolute atomic E-state index is 0.188. The lowest BCUT2D eigenvalue weighted by Crippen LogP contribution is -2.60. The van der Waals surface area contributed by atoms with Crippen molar-refractivity contribution in [3.63, 3.8) is 0 Å². The van der Waals surface area contributed by atoms with Gasteiger partial charge < -0.3 is 9.80 Å². The van der Waals surface area contributed by atoms with E-state index in [1.54, 1.807) is 0 Å². The van der Waals surface area contributed by atoms with Gasteiger partial charge in [0.25, 0.3) is 0 Å². The number of amides is 1. The van der Waals surface area contributed by atoms with E-state index in [2.05, 4.69) is 26.2 Å². The first-order valence-electron chi connectivity index (χ1n) is 9.43. The average molecular weight is 352 g/mol. The van der Waals surface area contributed by atoms with Gasteiger partial charge in [-0.05, 0) is 25.0 Å². The highest BCUT2D eigenvalue weighted by Crippen LogP contribution is 2.39. The second-order valence-electron chi connectivity index (χ2n) is 7.31. The molecule has 3 heterocycles. The van der Waals surface area contributed by atoms with Gasteiger partial charge in [-0.1, -0.05) is 25.3 Å². The van der Waals surface area contributed by atoms with Crippen LogP contribution in [0.5, 0.6) is 0 Å². The molecular formula is C19H24N6O. The van der Waals surface area contributed by atoms with Gasteiger partial charge in [0.15, 0.2) is 5.92 Å². The van der Waals surface area contributed by atoms with Crippen molar-refractivity contribution >= 4 is 17.7 Å². The molecule has 136 valence electrons. The number of guanidine groups is 1. The topological polar surface area (TPSA) is 84.6 Å². The molecule has 7 nitrogen and oxygen atoms in total. The molecule has 1 aromatic heterocycles. The summed E-state index contributed by atoms with van der Waals surface area (Å²) in [6, 6.07) is 8.14. The molecule has 1 N–H and O–H groups in total. The van der Waals surface area contributed by atoms with Crippen LogP contribution >= 0.6 is 0 Å². The highest BCUT2D eigenvalue weighted by atomic mass is 16.2. The summed E-state index contributed by atoms with van der Waals surface area (Å²) in [5.74, 6) is 0.784. The van der Waals surface area contributed by atoms with Crippen molar-refractivity contribution in [1.82, 2.24) is 15.2 Å². The van der Waals surface area contributed by atoms with Crippen molar-refractivity contribution in [3.8, 4) is 6.07 Å².